The first kappa shape index (κ1) is 20.5. The second kappa shape index (κ2) is 9.32. The summed E-state index contributed by atoms with van der Waals surface area (Å²) in [7, 11) is 0. The van der Waals surface area contributed by atoms with E-state index in [4.69, 9.17) is 46.4 Å². The molecule has 0 saturated carbocycles. The molecule has 1 heterocycles. The molecular formula is C16H10Cl4N4OS2. The Morgan fingerprint density at radius 3 is 2.52 bits per heavy atom. The number of hydrogen-bond acceptors (Lipinski definition) is 5. The van der Waals surface area contributed by atoms with Crippen LogP contribution >= 0.6 is 69.5 Å². The lowest BCUT2D eigenvalue weighted by atomic mass is 10.2. The predicted molar refractivity (Wildman–Crippen MR) is 115 cm³/mol. The van der Waals surface area contributed by atoms with Gasteiger partial charge in [0, 0.05) is 21.5 Å². The normalized spacial score (nSPS) is 10.7. The molecule has 0 atom stereocenters. The van der Waals surface area contributed by atoms with Gasteiger partial charge < -0.3 is 5.32 Å². The molecule has 0 aliphatic carbocycles. The van der Waals surface area contributed by atoms with E-state index in [1.807, 2.05) is 6.07 Å². The van der Waals surface area contributed by atoms with Gasteiger partial charge in [-0.3, -0.25) is 5.32 Å². The average Bonchev–Trinajstić information content (AvgIpc) is 3.04. The fraction of sp³-hybridized carbons (Fsp3) is 0.0625. The molecule has 0 unspecified atom stereocenters. The minimum atomic E-state index is -0.457. The van der Waals surface area contributed by atoms with E-state index < -0.39 is 6.03 Å². The average molecular weight is 480 g/mol. The maximum atomic E-state index is 12.0. The van der Waals surface area contributed by atoms with Crippen molar-refractivity contribution in [3.8, 4) is 0 Å². The third-order valence-electron chi connectivity index (χ3n) is 3.17. The van der Waals surface area contributed by atoms with Gasteiger partial charge in [-0.2, -0.15) is 0 Å². The first-order chi connectivity index (χ1) is 12.9. The fourth-order valence-electron chi connectivity index (χ4n) is 1.93. The smallest absolute Gasteiger partial charge is 0.308 e. The Balaban J connectivity index is 1.55. The van der Waals surface area contributed by atoms with E-state index in [0.29, 0.717) is 41.0 Å². The van der Waals surface area contributed by atoms with Crippen LogP contribution in [0.4, 0.5) is 15.6 Å². The molecule has 3 aromatic rings. The Bertz CT molecular complexity index is 983. The van der Waals surface area contributed by atoms with Crippen molar-refractivity contribution in [1.82, 2.24) is 10.2 Å². The molecule has 2 N–H and O–H groups in total. The molecule has 2 amide bonds. The molecule has 5 nitrogen and oxygen atoms in total. The largest absolute Gasteiger partial charge is 0.325 e. The van der Waals surface area contributed by atoms with Gasteiger partial charge in [0.2, 0.25) is 5.13 Å². The summed E-state index contributed by atoms with van der Waals surface area (Å²) in [6.45, 7) is 0. The number of halogens is 4. The van der Waals surface area contributed by atoms with Gasteiger partial charge in [-0.05, 0) is 35.9 Å². The molecule has 3 rings (SSSR count). The minimum Gasteiger partial charge on any atom is -0.308 e. The maximum Gasteiger partial charge on any atom is 0.325 e. The summed E-state index contributed by atoms with van der Waals surface area (Å²) < 4.78 is 0.700. The van der Waals surface area contributed by atoms with Gasteiger partial charge in [0.1, 0.15) is 0 Å². The van der Waals surface area contributed by atoms with Crippen LogP contribution in [0.3, 0.4) is 0 Å². The molecule has 11 heteroatoms. The van der Waals surface area contributed by atoms with Crippen molar-refractivity contribution in [2.45, 2.75) is 10.1 Å². The number of carbonyl (C=O) groups excluding carboxylic acids is 1. The number of carbonyl (C=O) groups is 1. The second-order valence-corrected chi connectivity index (χ2v) is 8.96. The number of hydrogen-bond donors (Lipinski definition) is 2. The molecule has 0 aliphatic heterocycles. The van der Waals surface area contributed by atoms with E-state index in [0.717, 1.165) is 5.56 Å². The number of benzene rings is 2. The lowest BCUT2D eigenvalue weighted by Crippen LogP contribution is -2.19. The Morgan fingerprint density at radius 2 is 1.78 bits per heavy atom. The highest BCUT2D eigenvalue weighted by Gasteiger charge is 2.11. The van der Waals surface area contributed by atoms with Crippen LogP contribution in [0.25, 0.3) is 0 Å². The van der Waals surface area contributed by atoms with Gasteiger partial charge in [0.15, 0.2) is 4.34 Å². The number of thioether (sulfide) groups is 1. The first-order valence-electron chi connectivity index (χ1n) is 7.34. The van der Waals surface area contributed by atoms with E-state index >= 15 is 0 Å². The topological polar surface area (TPSA) is 66.9 Å². The van der Waals surface area contributed by atoms with Crippen LogP contribution in [0.5, 0.6) is 0 Å². The number of anilines is 2. The van der Waals surface area contributed by atoms with E-state index in [1.165, 1.54) is 23.1 Å². The molecule has 0 fully saturated rings. The SMILES string of the molecule is O=C(Nc1ccc(Cl)c(Cl)c1)Nc1nnc(SCc2ccc(Cl)cc2Cl)s1. The number of nitrogens with one attached hydrogen (secondary N) is 2. The number of nitrogens with zero attached hydrogens (tertiary/aromatic N) is 2. The van der Waals surface area contributed by atoms with Crippen molar-refractivity contribution in [2.24, 2.45) is 0 Å². The van der Waals surface area contributed by atoms with Crippen molar-refractivity contribution in [2.75, 3.05) is 10.6 Å². The van der Waals surface area contributed by atoms with Gasteiger partial charge in [0.25, 0.3) is 0 Å². The zero-order chi connectivity index (χ0) is 19.4. The fourth-order valence-corrected chi connectivity index (χ4v) is 4.53. The Hall–Kier alpha value is -1.22. The molecule has 0 bridgehead atoms. The van der Waals surface area contributed by atoms with Crippen molar-refractivity contribution in [1.29, 1.82) is 0 Å². The van der Waals surface area contributed by atoms with Crippen LogP contribution in [-0.4, -0.2) is 16.2 Å². The summed E-state index contributed by atoms with van der Waals surface area (Å²) in [5, 5.41) is 15.6. The summed E-state index contributed by atoms with van der Waals surface area (Å²) in [5.74, 6) is 0.611. The van der Waals surface area contributed by atoms with Gasteiger partial charge in [-0.1, -0.05) is 75.6 Å². The van der Waals surface area contributed by atoms with Crippen LogP contribution in [0, 0.1) is 0 Å². The number of amides is 2. The molecule has 2 aromatic carbocycles. The van der Waals surface area contributed by atoms with E-state index in [1.54, 1.807) is 30.3 Å². The molecule has 27 heavy (non-hydrogen) atoms. The highest BCUT2D eigenvalue weighted by molar-refractivity contribution is 8.00. The maximum absolute atomic E-state index is 12.0. The van der Waals surface area contributed by atoms with Crippen LogP contribution < -0.4 is 10.6 Å². The van der Waals surface area contributed by atoms with E-state index in [9.17, 15) is 4.79 Å². The molecule has 0 radical (unpaired) electrons. The van der Waals surface area contributed by atoms with Gasteiger partial charge in [-0.25, -0.2) is 4.79 Å². The first-order valence-corrected chi connectivity index (χ1v) is 10.7. The standard InChI is InChI=1S/C16H10Cl4N4OS2/c17-9-2-1-8(12(19)5-9)7-26-16-24-23-15(27-16)22-14(25)21-10-3-4-11(18)13(20)6-10/h1-6H,7H2,(H2,21,22,23,25). The highest BCUT2D eigenvalue weighted by Crippen LogP contribution is 2.31. The van der Waals surface area contributed by atoms with Gasteiger partial charge in [-0.15, -0.1) is 10.2 Å². The van der Waals surface area contributed by atoms with Crippen LogP contribution in [0.2, 0.25) is 20.1 Å². The van der Waals surface area contributed by atoms with E-state index in [2.05, 4.69) is 20.8 Å². The van der Waals surface area contributed by atoms with Crippen molar-refractivity contribution < 1.29 is 4.79 Å². The molecule has 0 spiro atoms. The third-order valence-corrected chi connectivity index (χ3v) is 6.52. The third kappa shape index (κ3) is 5.88. The van der Waals surface area contributed by atoms with Crippen molar-refractivity contribution in [3.63, 3.8) is 0 Å². The number of rotatable bonds is 5. The lowest BCUT2D eigenvalue weighted by molar-refractivity contribution is 0.262. The molecule has 0 saturated heterocycles. The molecule has 1 aromatic heterocycles. The number of urea groups is 1. The zero-order valence-electron chi connectivity index (χ0n) is 13.3. The van der Waals surface area contributed by atoms with Crippen LogP contribution in [-0.2, 0) is 5.75 Å². The van der Waals surface area contributed by atoms with Crippen molar-refractivity contribution >= 4 is 86.4 Å². The predicted octanol–water partition coefficient (Wildman–Crippen LogP) is 7.09. The second-order valence-electron chi connectivity index (χ2n) is 5.11. The summed E-state index contributed by atoms with van der Waals surface area (Å²) in [5.41, 5.74) is 1.45. The van der Waals surface area contributed by atoms with Crippen molar-refractivity contribution in [3.05, 3.63) is 62.1 Å². The summed E-state index contributed by atoms with van der Waals surface area (Å²) in [6, 6.07) is 9.68. The minimum absolute atomic E-state index is 0.352. The Kier molecular flexibility index (Phi) is 7.08. The van der Waals surface area contributed by atoms with Gasteiger partial charge >= 0.3 is 6.03 Å². The van der Waals surface area contributed by atoms with E-state index in [-0.39, 0.29) is 0 Å². The number of aromatic nitrogens is 2. The summed E-state index contributed by atoms with van der Waals surface area (Å²) >= 11 is 26.5. The quantitative estimate of drug-likeness (QED) is 0.302. The molecule has 140 valence electrons. The van der Waals surface area contributed by atoms with Crippen LogP contribution in [0.1, 0.15) is 5.56 Å². The molecule has 0 aliphatic rings. The Labute approximate surface area is 183 Å². The monoisotopic (exact) mass is 478 g/mol. The lowest BCUT2D eigenvalue weighted by Gasteiger charge is -2.06. The zero-order valence-corrected chi connectivity index (χ0v) is 18.0. The Morgan fingerprint density at radius 1 is 0.963 bits per heavy atom. The van der Waals surface area contributed by atoms with Gasteiger partial charge in [0.05, 0.1) is 10.0 Å². The highest BCUT2D eigenvalue weighted by atomic mass is 35.5. The summed E-state index contributed by atoms with van der Waals surface area (Å²) in [6.07, 6.45) is 0. The summed E-state index contributed by atoms with van der Waals surface area (Å²) in [4.78, 5) is 12.0. The van der Waals surface area contributed by atoms with Crippen LogP contribution in [0.15, 0.2) is 40.7 Å². The molecular weight excluding hydrogens is 470 g/mol.